The third-order valence-corrected chi connectivity index (χ3v) is 6.48. The molecule has 27 heavy (non-hydrogen) atoms. The van der Waals surface area contributed by atoms with Gasteiger partial charge in [0.2, 0.25) is 0 Å². The van der Waals surface area contributed by atoms with Gasteiger partial charge in [-0.3, -0.25) is 9.69 Å². The fraction of sp³-hybridized carbons (Fsp3) is 0.368. The lowest BCUT2D eigenvalue weighted by Crippen LogP contribution is -2.38. The number of halogens is 2. The highest BCUT2D eigenvalue weighted by Crippen LogP contribution is 2.33. The van der Waals surface area contributed by atoms with Crippen molar-refractivity contribution < 1.29 is 4.79 Å². The highest BCUT2D eigenvalue weighted by atomic mass is 35.5. The predicted octanol–water partition coefficient (Wildman–Crippen LogP) is 5.73. The number of aryl methyl sites for hydroxylation is 1. The first-order valence-electron chi connectivity index (χ1n) is 8.67. The van der Waals surface area contributed by atoms with E-state index < -0.39 is 0 Å². The maximum absolute atomic E-state index is 13.1. The largest absolute Gasteiger partial charge is 0.302 e. The van der Waals surface area contributed by atoms with Gasteiger partial charge in [0.05, 0.1) is 15.1 Å². The summed E-state index contributed by atoms with van der Waals surface area (Å²) in [6, 6.07) is 7.60. The average Bonchev–Trinajstić information content (AvgIpc) is 3.28. The third-order valence-electron chi connectivity index (χ3n) is 4.38. The predicted molar refractivity (Wildman–Crippen MR) is 120 cm³/mol. The van der Waals surface area contributed by atoms with Crippen molar-refractivity contribution in [1.82, 2.24) is 9.88 Å². The van der Waals surface area contributed by atoms with Crippen LogP contribution in [0.5, 0.6) is 0 Å². The Hall–Kier alpha value is -1.18. The van der Waals surface area contributed by atoms with Gasteiger partial charge in [0.15, 0.2) is 5.13 Å². The van der Waals surface area contributed by atoms with Gasteiger partial charge < -0.3 is 4.90 Å². The highest BCUT2D eigenvalue weighted by Gasteiger charge is 2.23. The second-order valence-electron chi connectivity index (χ2n) is 6.03. The number of likely N-dealkylation sites (N-methyl/N-ethyl adjacent to an activating group) is 1. The monoisotopic (exact) mass is 443 g/mol. The molecule has 0 aliphatic heterocycles. The van der Waals surface area contributed by atoms with E-state index in [2.05, 4.69) is 18.7 Å². The van der Waals surface area contributed by atoms with Crippen LogP contribution in [0.15, 0.2) is 29.6 Å². The van der Waals surface area contributed by atoms with Crippen LogP contribution in [0.4, 0.5) is 5.13 Å². The molecule has 0 aliphatic carbocycles. The van der Waals surface area contributed by atoms with E-state index >= 15 is 0 Å². The number of hydrogen-bond donors (Lipinski definition) is 0. The number of hydrogen-bond acceptors (Lipinski definition) is 5. The summed E-state index contributed by atoms with van der Waals surface area (Å²) in [6.07, 6.45) is 0. The van der Waals surface area contributed by atoms with Crippen molar-refractivity contribution in [3.63, 3.8) is 0 Å². The van der Waals surface area contributed by atoms with E-state index in [1.54, 1.807) is 0 Å². The number of thiophene rings is 1. The van der Waals surface area contributed by atoms with Crippen molar-refractivity contribution in [2.24, 2.45) is 0 Å². The number of benzene rings is 1. The van der Waals surface area contributed by atoms with Crippen LogP contribution in [0.3, 0.4) is 0 Å². The average molecular weight is 444 g/mol. The summed E-state index contributed by atoms with van der Waals surface area (Å²) in [5.74, 6) is 0.00922. The molecular formula is C19H23Cl2N3OS2. The number of aromatic nitrogens is 1. The highest BCUT2D eigenvalue weighted by molar-refractivity contribution is 7.22. The number of fused-ring (bicyclic) bond motifs is 1. The molecule has 0 bridgehead atoms. The van der Waals surface area contributed by atoms with Gasteiger partial charge in [0, 0.05) is 18.1 Å². The van der Waals surface area contributed by atoms with Gasteiger partial charge in [0.25, 0.3) is 5.91 Å². The molecule has 146 valence electrons. The molecule has 0 saturated carbocycles. The normalized spacial score (nSPS) is 11.0. The second-order valence-corrected chi connectivity index (χ2v) is 8.42. The van der Waals surface area contributed by atoms with Crippen molar-refractivity contribution >= 4 is 67.9 Å². The number of amides is 1. The van der Waals surface area contributed by atoms with E-state index in [1.165, 1.54) is 22.7 Å². The van der Waals surface area contributed by atoms with E-state index in [4.69, 9.17) is 16.6 Å². The maximum atomic E-state index is 13.1. The van der Waals surface area contributed by atoms with E-state index in [0.717, 1.165) is 45.4 Å². The maximum Gasteiger partial charge on any atom is 0.270 e. The Kier molecular flexibility index (Phi) is 8.06. The topological polar surface area (TPSA) is 36.4 Å². The molecule has 3 rings (SSSR count). The number of thiazole rings is 1. The zero-order chi connectivity index (χ0) is 18.7. The molecule has 8 heteroatoms. The SMILES string of the molecule is CCN(CC)CCN(C(=O)c1cccs1)c1nc2c(C)cc(Cl)cc2s1.Cl. The fourth-order valence-corrected chi connectivity index (χ4v) is 4.97. The van der Waals surface area contributed by atoms with Gasteiger partial charge in [-0.05, 0) is 49.2 Å². The Balaban J connectivity index is 0.00000261. The van der Waals surface area contributed by atoms with Crippen LogP contribution in [0.25, 0.3) is 10.2 Å². The molecule has 2 aromatic heterocycles. The summed E-state index contributed by atoms with van der Waals surface area (Å²) < 4.78 is 1.01. The van der Waals surface area contributed by atoms with Crippen LogP contribution in [-0.2, 0) is 0 Å². The van der Waals surface area contributed by atoms with Crippen molar-refractivity contribution in [2.45, 2.75) is 20.8 Å². The molecule has 0 unspecified atom stereocenters. The minimum atomic E-state index is 0. The number of carbonyl (C=O) groups excluding carboxylic acids is 1. The van der Waals surface area contributed by atoms with Crippen LogP contribution < -0.4 is 4.90 Å². The summed E-state index contributed by atoms with van der Waals surface area (Å²) in [4.78, 5) is 22.7. The Labute approximate surface area is 179 Å². The fourth-order valence-electron chi connectivity index (χ4n) is 2.86. The van der Waals surface area contributed by atoms with Crippen LogP contribution in [0.1, 0.15) is 29.1 Å². The van der Waals surface area contributed by atoms with Crippen molar-refractivity contribution in [3.8, 4) is 0 Å². The molecule has 4 nitrogen and oxygen atoms in total. The Morgan fingerprint density at radius 1 is 1.22 bits per heavy atom. The molecule has 0 spiro atoms. The lowest BCUT2D eigenvalue weighted by atomic mass is 10.2. The smallest absolute Gasteiger partial charge is 0.270 e. The van der Waals surface area contributed by atoms with E-state index in [9.17, 15) is 4.79 Å². The second kappa shape index (κ2) is 9.85. The summed E-state index contributed by atoms with van der Waals surface area (Å²) in [5.41, 5.74) is 1.95. The Morgan fingerprint density at radius 2 is 1.96 bits per heavy atom. The molecule has 0 saturated heterocycles. The molecule has 0 aliphatic rings. The lowest BCUT2D eigenvalue weighted by Gasteiger charge is -2.24. The number of rotatable bonds is 7. The Bertz CT molecular complexity index is 892. The van der Waals surface area contributed by atoms with E-state index in [1.807, 2.05) is 41.5 Å². The number of anilines is 1. The molecule has 0 atom stereocenters. The van der Waals surface area contributed by atoms with E-state index in [-0.39, 0.29) is 18.3 Å². The van der Waals surface area contributed by atoms with Gasteiger partial charge in [-0.25, -0.2) is 4.98 Å². The number of nitrogens with zero attached hydrogens (tertiary/aromatic N) is 3. The minimum absolute atomic E-state index is 0. The molecule has 0 N–H and O–H groups in total. The molecule has 0 radical (unpaired) electrons. The van der Waals surface area contributed by atoms with Crippen molar-refractivity contribution in [3.05, 3.63) is 45.1 Å². The van der Waals surface area contributed by atoms with Crippen molar-refractivity contribution in [1.29, 1.82) is 0 Å². The summed E-state index contributed by atoms with van der Waals surface area (Å²) >= 11 is 9.18. The molecule has 3 aromatic rings. The van der Waals surface area contributed by atoms with Crippen LogP contribution >= 0.6 is 46.7 Å². The summed E-state index contributed by atoms with van der Waals surface area (Å²) in [6.45, 7) is 9.64. The molecule has 1 aromatic carbocycles. The first kappa shape index (κ1) is 22.1. The van der Waals surface area contributed by atoms with Gasteiger partial charge >= 0.3 is 0 Å². The zero-order valence-corrected chi connectivity index (χ0v) is 18.8. The van der Waals surface area contributed by atoms with Gasteiger partial charge in [-0.1, -0.05) is 42.9 Å². The van der Waals surface area contributed by atoms with Crippen LogP contribution in [0.2, 0.25) is 5.02 Å². The molecule has 0 fully saturated rings. The quantitative estimate of drug-likeness (QED) is 0.467. The van der Waals surface area contributed by atoms with Gasteiger partial charge in [-0.2, -0.15) is 0 Å². The van der Waals surface area contributed by atoms with Gasteiger partial charge in [-0.15, -0.1) is 23.7 Å². The molecular weight excluding hydrogens is 421 g/mol. The zero-order valence-electron chi connectivity index (χ0n) is 15.6. The Morgan fingerprint density at radius 3 is 2.59 bits per heavy atom. The minimum Gasteiger partial charge on any atom is -0.302 e. The van der Waals surface area contributed by atoms with Crippen molar-refractivity contribution in [2.75, 3.05) is 31.1 Å². The van der Waals surface area contributed by atoms with Crippen LogP contribution in [0, 0.1) is 6.92 Å². The first-order chi connectivity index (χ1) is 12.5. The summed E-state index contributed by atoms with van der Waals surface area (Å²) in [5, 5.41) is 3.36. The molecule has 2 heterocycles. The van der Waals surface area contributed by atoms with Crippen LogP contribution in [-0.4, -0.2) is 42.0 Å². The molecule has 1 amide bonds. The third kappa shape index (κ3) is 5.00. The summed E-state index contributed by atoms with van der Waals surface area (Å²) in [7, 11) is 0. The van der Waals surface area contributed by atoms with Gasteiger partial charge in [0.1, 0.15) is 0 Å². The van der Waals surface area contributed by atoms with E-state index in [0.29, 0.717) is 11.6 Å². The first-order valence-corrected chi connectivity index (χ1v) is 10.7. The standard InChI is InChI=1S/C19H22ClN3OS2.ClH/c1-4-22(5-2)8-9-23(18(24)15-7-6-10-25-15)19-21-17-13(3)11-14(20)12-16(17)26-19;/h6-7,10-12H,4-5,8-9H2,1-3H3;1H. The number of carbonyl (C=O) groups is 1. The lowest BCUT2D eigenvalue weighted by molar-refractivity contribution is 0.0987.